The third-order valence-electron chi connectivity index (χ3n) is 3.45. The van der Waals surface area contributed by atoms with Gasteiger partial charge in [-0.15, -0.1) is 11.8 Å². The number of halogens is 1. The highest BCUT2D eigenvalue weighted by Crippen LogP contribution is 2.22. The molecule has 0 aliphatic carbocycles. The van der Waals surface area contributed by atoms with Crippen molar-refractivity contribution in [3.63, 3.8) is 0 Å². The van der Waals surface area contributed by atoms with Gasteiger partial charge >= 0.3 is 0 Å². The first-order chi connectivity index (χ1) is 12.0. The number of thiocarbonyl (C=S) groups is 1. The van der Waals surface area contributed by atoms with Crippen LogP contribution >= 0.6 is 35.6 Å². The van der Waals surface area contributed by atoms with Gasteiger partial charge in [0.05, 0.1) is 10.7 Å². The number of hydrogen-bond donors (Lipinski definition) is 1. The molecule has 0 saturated carbocycles. The Labute approximate surface area is 158 Å². The molecule has 0 amide bonds. The molecule has 3 rings (SSSR count). The monoisotopic (exact) mass is 391 g/mol. The summed E-state index contributed by atoms with van der Waals surface area (Å²) in [5.74, 6) is 0.337. The molecule has 8 heteroatoms. The van der Waals surface area contributed by atoms with E-state index in [-0.39, 0.29) is 22.0 Å². The second-order valence-electron chi connectivity index (χ2n) is 5.30. The van der Waals surface area contributed by atoms with Gasteiger partial charge in [0.15, 0.2) is 11.4 Å². The van der Waals surface area contributed by atoms with Crippen LogP contribution in [0, 0.1) is 0 Å². The summed E-state index contributed by atoms with van der Waals surface area (Å²) in [6, 6.07) is 8.58. The van der Waals surface area contributed by atoms with E-state index < -0.39 is 0 Å². The van der Waals surface area contributed by atoms with Gasteiger partial charge in [0.2, 0.25) is 0 Å². The number of aromatic nitrogens is 3. The van der Waals surface area contributed by atoms with Crippen molar-refractivity contribution in [1.29, 1.82) is 0 Å². The lowest BCUT2D eigenvalue weighted by molar-refractivity contribution is 0.476. The van der Waals surface area contributed by atoms with Gasteiger partial charge in [-0.2, -0.15) is 0 Å². The molecule has 0 fully saturated rings. The quantitative estimate of drug-likeness (QED) is 0.670. The Morgan fingerprint density at radius 1 is 1.32 bits per heavy atom. The summed E-state index contributed by atoms with van der Waals surface area (Å²) in [4.78, 5) is 20.8. The van der Waals surface area contributed by atoms with Crippen molar-refractivity contribution < 1.29 is 5.11 Å². The number of aryl methyl sites for hydroxylation is 1. The van der Waals surface area contributed by atoms with Gasteiger partial charge in [0.25, 0.3) is 5.56 Å². The second-order valence-corrected chi connectivity index (χ2v) is 7.56. The number of fused-ring (bicyclic) bond motifs is 1. The minimum Gasteiger partial charge on any atom is -0.504 e. The number of hydrogen-bond acceptors (Lipinski definition) is 6. The minimum atomic E-state index is -0.294. The van der Waals surface area contributed by atoms with Gasteiger partial charge in [0.1, 0.15) is 0 Å². The van der Waals surface area contributed by atoms with Gasteiger partial charge in [-0.05, 0) is 25.0 Å². The van der Waals surface area contributed by atoms with E-state index in [9.17, 15) is 9.90 Å². The number of rotatable bonds is 5. The molecular formula is C17H14ClN3O2S2. The van der Waals surface area contributed by atoms with Crippen LogP contribution in [0.5, 0.6) is 5.75 Å². The standard InChI is InChI=1S/C17H14ClN3O2S2/c18-11-7-14(22)17-20-13(8-15(23)21(17)9-11)10-25-16(24)5-4-12-3-1-2-6-19-12/h1-3,6-9,22H,4-5,10H2. The normalized spacial score (nSPS) is 10.9. The zero-order chi connectivity index (χ0) is 17.8. The van der Waals surface area contributed by atoms with Crippen LogP contribution in [0.15, 0.2) is 47.5 Å². The van der Waals surface area contributed by atoms with Gasteiger partial charge in [-0.25, -0.2) is 4.98 Å². The lowest BCUT2D eigenvalue weighted by Gasteiger charge is -2.07. The molecule has 3 aromatic rings. The topological polar surface area (TPSA) is 67.5 Å². The van der Waals surface area contributed by atoms with Gasteiger partial charge < -0.3 is 5.11 Å². The Kier molecular flexibility index (Phi) is 5.67. The Hall–Kier alpha value is -1.96. The van der Waals surface area contributed by atoms with Crippen LogP contribution in [-0.2, 0) is 12.2 Å². The zero-order valence-corrected chi connectivity index (χ0v) is 15.4. The van der Waals surface area contributed by atoms with Gasteiger partial charge in [-0.1, -0.05) is 29.9 Å². The van der Waals surface area contributed by atoms with E-state index in [1.165, 1.54) is 34.5 Å². The van der Waals surface area contributed by atoms with Gasteiger partial charge in [-0.3, -0.25) is 14.2 Å². The molecule has 3 aromatic heterocycles. The maximum Gasteiger partial charge on any atom is 0.258 e. The Bertz CT molecular complexity index is 977. The van der Waals surface area contributed by atoms with Crippen LogP contribution in [0.25, 0.3) is 5.65 Å². The van der Waals surface area contributed by atoms with Crippen LogP contribution in [0.2, 0.25) is 5.02 Å². The molecular weight excluding hydrogens is 378 g/mol. The van der Waals surface area contributed by atoms with Crippen LogP contribution in [0.1, 0.15) is 17.8 Å². The Morgan fingerprint density at radius 3 is 2.92 bits per heavy atom. The van der Waals surface area contributed by atoms with E-state index in [0.717, 1.165) is 22.7 Å². The summed E-state index contributed by atoms with van der Waals surface area (Å²) in [6.07, 6.45) is 4.70. The van der Waals surface area contributed by atoms with Gasteiger partial charge in [0, 0.05) is 40.2 Å². The fraction of sp³-hybridized carbons (Fsp3) is 0.176. The highest BCUT2D eigenvalue weighted by molar-refractivity contribution is 8.22. The first-order valence-electron chi connectivity index (χ1n) is 7.49. The molecule has 1 N–H and O–H groups in total. The molecule has 0 aliphatic rings. The summed E-state index contributed by atoms with van der Waals surface area (Å²) in [5, 5.41) is 10.2. The number of nitrogens with zero attached hydrogens (tertiary/aromatic N) is 3. The number of aromatic hydroxyl groups is 1. The molecule has 0 unspecified atom stereocenters. The van der Waals surface area contributed by atoms with Crippen LogP contribution in [0.3, 0.4) is 0 Å². The van der Waals surface area contributed by atoms with E-state index in [1.54, 1.807) is 6.20 Å². The third kappa shape index (κ3) is 4.56. The van der Waals surface area contributed by atoms with E-state index in [4.69, 9.17) is 23.8 Å². The van der Waals surface area contributed by atoms with Crippen molar-refractivity contribution in [2.75, 3.05) is 0 Å². The van der Waals surface area contributed by atoms with Crippen molar-refractivity contribution in [3.05, 3.63) is 69.5 Å². The number of pyridine rings is 2. The summed E-state index contributed by atoms with van der Waals surface area (Å²) in [6.45, 7) is 0. The van der Waals surface area contributed by atoms with Crippen LogP contribution in [0.4, 0.5) is 0 Å². The molecule has 0 aromatic carbocycles. The molecule has 0 radical (unpaired) electrons. The SMILES string of the molecule is O=c1cc(CSC(=S)CCc2ccccn2)nc2c(O)cc(Cl)cn12. The maximum atomic E-state index is 12.2. The highest BCUT2D eigenvalue weighted by atomic mass is 35.5. The molecule has 128 valence electrons. The maximum absolute atomic E-state index is 12.2. The van der Waals surface area contributed by atoms with E-state index >= 15 is 0 Å². The van der Waals surface area contributed by atoms with Crippen LogP contribution < -0.4 is 5.56 Å². The fourth-order valence-corrected chi connectivity index (χ4v) is 3.46. The fourth-order valence-electron chi connectivity index (χ4n) is 2.28. The predicted octanol–water partition coefficient (Wildman–Crippen LogP) is 3.64. The van der Waals surface area contributed by atoms with Crippen molar-refractivity contribution in [2.45, 2.75) is 18.6 Å². The highest BCUT2D eigenvalue weighted by Gasteiger charge is 2.09. The molecule has 3 heterocycles. The summed E-state index contributed by atoms with van der Waals surface area (Å²) in [7, 11) is 0. The van der Waals surface area contributed by atoms with Crippen LogP contribution in [-0.4, -0.2) is 23.7 Å². The molecule has 5 nitrogen and oxygen atoms in total. The average molecular weight is 392 g/mol. The molecule has 0 atom stereocenters. The largest absolute Gasteiger partial charge is 0.504 e. The first kappa shape index (κ1) is 17.8. The zero-order valence-electron chi connectivity index (χ0n) is 13.1. The van der Waals surface area contributed by atoms with Crippen molar-refractivity contribution in [1.82, 2.24) is 14.4 Å². The number of thioether (sulfide) groups is 1. The van der Waals surface area contributed by atoms with E-state index in [1.807, 2.05) is 18.2 Å². The third-order valence-corrected chi connectivity index (χ3v) is 5.18. The predicted molar refractivity (Wildman–Crippen MR) is 105 cm³/mol. The summed E-state index contributed by atoms with van der Waals surface area (Å²) in [5.41, 5.74) is 1.45. The van der Waals surface area contributed by atoms with Crippen molar-refractivity contribution in [2.24, 2.45) is 0 Å². The van der Waals surface area contributed by atoms with Crippen molar-refractivity contribution >= 4 is 45.4 Å². The second kappa shape index (κ2) is 7.95. The van der Waals surface area contributed by atoms with E-state index in [0.29, 0.717) is 11.4 Å². The Balaban J connectivity index is 1.67. The van der Waals surface area contributed by atoms with E-state index in [2.05, 4.69) is 9.97 Å². The molecule has 0 saturated heterocycles. The van der Waals surface area contributed by atoms with Crippen molar-refractivity contribution in [3.8, 4) is 5.75 Å². The molecule has 25 heavy (non-hydrogen) atoms. The Morgan fingerprint density at radius 2 is 2.16 bits per heavy atom. The smallest absolute Gasteiger partial charge is 0.258 e. The summed E-state index contributed by atoms with van der Waals surface area (Å²) < 4.78 is 2.05. The first-order valence-corrected chi connectivity index (χ1v) is 9.26. The lowest BCUT2D eigenvalue weighted by Crippen LogP contribution is -2.15. The lowest BCUT2D eigenvalue weighted by atomic mass is 10.2. The summed E-state index contributed by atoms with van der Waals surface area (Å²) >= 11 is 12.7. The molecule has 0 spiro atoms. The average Bonchev–Trinajstić information content (AvgIpc) is 2.60. The minimum absolute atomic E-state index is 0.130. The molecule has 0 aliphatic heterocycles. The molecule has 0 bridgehead atoms.